The normalized spacial score (nSPS) is 10.5. The molecule has 3 rings (SSSR count). The molecule has 3 aromatic rings. The van der Waals surface area contributed by atoms with Crippen molar-refractivity contribution in [2.75, 3.05) is 4.41 Å². The summed E-state index contributed by atoms with van der Waals surface area (Å²) in [6.45, 7) is 0. The van der Waals surface area contributed by atoms with Gasteiger partial charge in [0.05, 0.1) is 15.9 Å². The van der Waals surface area contributed by atoms with Crippen LogP contribution in [0.15, 0.2) is 89.0 Å². The third-order valence-electron chi connectivity index (χ3n) is 4.25. The first kappa shape index (κ1) is 21.7. The predicted octanol–water partition coefficient (Wildman–Crippen LogP) is 2.16. The summed E-state index contributed by atoms with van der Waals surface area (Å²) in [6.07, 6.45) is 0. The molecule has 9 nitrogen and oxygen atoms in total. The Hall–Kier alpha value is -4.04. The fourth-order valence-electron chi connectivity index (χ4n) is 2.61. The van der Waals surface area contributed by atoms with E-state index in [0.717, 1.165) is 11.1 Å². The number of rotatable bonds is 5. The van der Waals surface area contributed by atoms with Crippen molar-refractivity contribution >= 4 is 21.6 Å². The van der Waals surface area contributed by atoms with E-state index in [-0.39, 0.29) is 15.7 Å². The Morgan fingerprint density at radius 1 is 0.839 bits per heavy atom. The van der Waals surface area contributed by atoms with Gasteiger partial charge in [0, 0.05) is 11.5 Å². The Bertz CT molecular complexity index is 1250. The first-order valence-electron chi connectivity index (χ1n) is 8.82. The molecule has 0 aromatic heterocycles. The number of nitrogens with two attached hydrogens (primary N) is 2. The molecule has 0 fully saturated rings. The Morgan fingerprint density at radius 3 is 2.00 bits per heavy atom. The van der Waals surface area contributed by atoms with Gasteiger partial charge in [-0.2, -0.15) is 8.42 Å². The molecule has 0 aliphatic carbocycles. The van der Waals surface area contributed by atoms with Crippen LogP contribution >= 0.6 is 0 Å². The van der Waals surface area contributed by atoms with Gasteiger partial charge in [0.15, 0.2) is 0 Å². The first-order chi connectivity index (χ1) is 14.8. The zero-order valence-corrected chi connectivity index (χ0v) is 16.9. The van der Waals surface area contributed by atoms with Gasteiger partial charge in [-0.1, -0.05) is 48.4 Å². The lowest BCUT2D eigenvalue weighted by atomic mass is 10.1. The Kier molecular flexibility index (Phi) is 6.42. The number of carbonyl (C=O) groups is 1. The topological polar surface area (TPSA) is 139 Å². The van der Waals surface area contributed by atoms with Crippen LogP contribution in [0.3, 0.4) is 0 Å². The second kappa shape index (κ2) is 9.19. The molecule has 0 aliphatic heterocycles. The fourth-order valence-corrected chi connectivity index (χ4v) is 3.72. The van der Waals surface area contributed by atoms with E-state index in [4.69, 9.17) is 11.7 Å². The summed E-state index contributed by atoms with van der Waals surface area (Å²) in [5.74, 6) is 14.5. The van der Waals surface area contributed by atoms with Crippen molar-refractivity contribution in [2.24, 2.45) is 17.0 Å². The van der Waals surface area contributed by atoms with Gasteiger partial charge in [-0.25, -0.2) is 16.1 Å². The van der Waals surface area contributed by atoms with Gasteiger partial charge in [0.1, 0.15) is 0 Å². The van der Waals surface area contributed by atoms with Crippen LogP contribution < -0.4 is 16.1 Å². The zero-order valence-electron chi connectivity index (χ0n) is 16.0. The number of sulfonamides is 1. The molecular formula is C21H17N5O4S. The molecule has 0 saturated carbocycles. The fraction of sp³-hybridized carbons (Fsp3) is 0. The van der Waals surface area contributed by atoms with E-state index < -0.39 is 15.9 Å². The maximum Gasteiger partial charge on any atom is 0.336 e. The summed E-state index contributed by atoms with van der Waals surface area (Å²) in [5, 5.41) is 2.30. The van der Waals surface area contributed by atoms with Gasteiger partial charge in [0.25, 0.3) is 10.0 Å². The van der Waals surface area contributed by atoms with Gasteiger partial charge in [-0.05, 0) is 47.5 Å². The van der Waals surface area contributed by atoms with Crippen LogP contribution in [0, 0.1) is 16.7 Å². The molecule has 4 N–H and O–H groups in total. The monoisotopic (exact) mass is 435 g/mol. The number of hydrazine groups is 2. The van der Waals surface area contributed by atoms with E-state index in [0.29, 0.717) is 9.98 Å². The first-order valence-corrected chi connectivity index (χ1v) is 10.3. The standard InChI is InChI=1S/C21H17N5O4S/c22-25(24-28)21(27)15-8-16-6-11-19(12-7-16)26(23)31(29,30)20-13-9-18(10-14-20)17-4-2-1-3-5-17/h1-7,9-14H,22-23H2. The summed E-state index contributed by atoms with van der Waals surface area (Å²) in [6, 6.07) is 21.8. The van der Waals surface area contributed by atoms with Gasteiger partial charge < -0.3 is 0 Å². The van der Waals surface area contributed by atoms with Crippen molar-refractivity contribution in [2.45, 2.75) is 4.90 Å². The van der Waals surface area contributed by atoms with Gasteiger partial charge in [-0.3, -0.25) is 4.79 Å². The number of carbonyl (C=O) groups excluding carboxylic acids is 1. The molecule has 156 valence electrons. The summed E-state index contributed by atoms with van der Waals surface area (Å²) in [5.41, 5.74) is 2.42. The Labute approximate surface area is 178 Å². The maximum atomic E-state index is 12.9. The number of nitrogens with zero attached hydrogens (tertiary/aromatic N) is 3. The number of amides is 1. The van der Waals surface area contributed by atoms with Crippen molar-refractivity contribution in [3.05, 3.63) is 89.3 Å². The molecule has 0 spiro atoms. The van der Waals surface area contributed by atoms with Crippen LogP contribution in [0.25, 0.3) is 11.1 Å². The third-order valence-corrected chi connectivity index (χ3v) is 5.85. The molecule has 31 heavy (non-hydrogen) atoms. The molecule has 0 bridgehead atoms. The molecule has 0 aliphatic rings. The van der Waals surface area contributed by atoms with E-state index in [9.17, 15) is 18.1 Å². The van der Waals surface area contributed by atoms with Gasteiger partial charge >= 0.3 is 5.91 Å². The highest BCUT2D eigenvalue weighted by Crippen LogP contribution is 2.24. The number of hydrogen-bond donors (Lipinski definition) is 2. The highest BCUT2D eigenvalue weighted by molar-refractivity contribution is 7.92. The van der Waals surface area contributed by atoms with E-state index in [2.05, 4.69) is 17.1 Å². The third kappa shape index (κ3) is 4.93. The van der Waals surface area contributed by atoms with Crippen LogP contribution in [-0.2, 0) is 14.8 Å². The highest BCUT2D eigenvalue weighted by Gasteiger charge is 2.22. The van der Waals surface area contributed by atoms with Crippen LogP contribution in [-0.4, -0.2) is 19.4 Å². The molecule has 0 unspecified atom stereocenters. The summed E-state index contributed by atoms with van der Waals surface area (Å²) in [7, 11) is -3.99. The van der Waals surface area contributed by atoms with Gasteiger partial charge in [0.2, 0.25) is 0 Å². The van der Waals surface area contributed by atoms with Gasteiger partial charge in [-0.15, -0.1) is 10.0 Å². The quantitative estimate of drug-likeness (QED) is 0.207. The van der Waals surface area contributed by atoms with Crippen molar-refractivity contribution in [3.63, 3.8) is 0 Å². The molecule has 1 amide bonds. The summed E-state index contributed by atoms with van der Waals surface area (Å²) < 4.78 is 26.4. The Balaban J connectivity index is 1.78. The molecular weight excluding hydrogens is 418 g/mol. The zero-order chi connectivity index (χ0) is 22.4. The lowest BCUT2D eigenvalue weighted by molar-refractivity contribution is -0.125. The van der Waals surface area contributed by atoms with Crippen molar-refractivity contribution in [3.8, 4) is 23.0 Å². The largest absolute Gasteiger partial charge is 0.336 e. The highest BCUT2D eigenvalue weighted by atomic mass is 32.2. The average molecular weight is 435 g/mol. The minimum Gasteiger partial charge on any atom is -0.256 e. The van der Waals surface area contributed by atoms with Crippen molar-refractivity contribution < 1.29 is 13.2 Å². The number of benzene rings is 3. The van der Waals surface area contributed by atoms with Crippen molar-refractivity contribution in [1.29, 1.82) is 0 Å². The molecule has 0 saturated heterocycles. The van der Waals surface area contributed by atoms with Crippen molar-refractivity contribution in [1.82, 2.24) is 5.12 Å². The molecule has 10 heteroatoms. The number of nitroso groups, excluding NO2 is 1. The lowest BCUT2D eigenvalue weighted by Gasteiger charge is -2.19. The van der Waals surface area contributed by atoms with Crippen LogP contribution in [0.2, 0.25) is 0 Å². The Morgan fingerprint density at radius 2 is 1.42 bits per heavy atom. The summed E-state index contributed by atoms with van der Waals surface area (Å²) in [4.78, 5) is 21.6. The van der Waals surface area contributed by atoms with E-state index in [1.807, 2.05) is 30.3 Å². The van der Waals surface area contributed by atoms with Crippen LogP contribution in [0.4, 0.5) is 5.69 Å². The van der Waals surface area contributed by atoms with E-state index >= 15 is 0 Å². The molecule has 0 heterocycles. The second-order valence-electron chi connectivity index (χ2n) is 6.22. The van der Waals surface area contributed by atoms with Crippen LogP contribution in [0.5, 0.6) is 0 Å². The van der Waals surface area contributed by atoms with E-state index in [1.54, 1.807) is 12.1 Å². The predicted molar refractivity (Wildman–Crippen MR) is 116 cm³/mol. The van der Waals surface area contributed by atoms with E-state index in [1.165, 1.54) is 36.4 Å². The minimum atomic E-state index is -3.99. The molecule has 0 atom stereocenters. The second-order valence-corrected chi connectivity index (χ2v) is 8.03. The maximum absolute atomic E-state index is 12.9. The van der Waals surface area contributed by atoms with Crippen LogP contribution in [0.1, 0.15) is 5.56 Å². The lowest BCUT2D eigenvalue weighted by Crippen LogP contribution is -2.37. The molecule has 3 aromatic carbocycles. The number of hydrogen-bond acceptors (Lipinski definition) is 7. The molecule has 0 radical (unpaired) electrons. The minimum absolute atomic E-state index is 0.0357. The summed E-state index contributed by atoms with van der Waals surface area (Å²) >= 11 is 0. The number of anilines is 1. The SMILES string of the molecule is NN(N=O)C(=O)C#Cc1ccc(N(N)S(=O)(=O)c2ccc(-c3ccccc3)cc2)cc1. The smallest absolute Gasteiger partial charge is 0.256 e. The average Bonchev–Trinajstić information content (AvgIpc) is 2.82.